The maximum absolute atomic E-state index is 11.2. The van der Waals surface area contributed by atoms with Crippen molar-refractivity contribution in [2.45, 2.75) is 19.5 Å². The summed E-state index contributed by atoms with van der Waals surface area (Å²) in [5.41, 5.74) is -1.09. The number of hydrogen-bond donors (Lipinski definition) is 3. The van der Waals surface area contributed by atoms with Crippen LogP contribution in [0.3, 0.4) is 0 Å². The van der Waals surface area contributed by atoms with E-state index in [4.69, 9.17) is 12.2 Å². The van der Waals surface area contributed by atoms with Crippen molar-refractivity contribution >= 4 is 29.1 Å². The summed E-state index contributed by atoms with van der Waals surface area (Å²) >= 11 is 4.70. The van der Waals surface area contributed by atoms with Gasteiger partial charge in [0.1, 0.15) is 0 Å². The Labute approximate surface area is 74.9 Å². The molecule has 1 fully saturated rings. The fourth-order valence-corrected chi connectivity index (χ4v) is 1.28. The van der Waals surface area contributed by atoms with Crippen LogP contribution in [0.15, 0.2) is 0 Å². The summed E-state index contributed by atoms with van der Waals surface area (Å²) in [5.74, 6) is -0.632. The Morgan fingerprint density at radius 3 is 2.58 bits per heavy atom. The third-order valence-electron chi connectivity index (χ3n) is 1.47. The van der Waals surface area contributed by atoms with Gasteiger partial charge in [-0.25, -0.2) is 0 Å². The molecule has 6 heteroatoms. The molecule has 1 rings (SSSR count). The molecule has 1 saturated heterocycles. The summed E-state index contributed by atoms with van der Waals surface area (Å²) in [7, 11) is 0. The summed E-state index contributed by atoms with van der Waals surface area (Å²) in [6.45, 7) is 2.88. The first-order valence-electron chi connectivity index (χ1n) is 3.36. The van der Waals surface area contributed by atoms with Crippen LogP contribution in [-0.4, -0.2) is 22.6 Å². The van der Waals surface area contributed by atoms with E-state index in [0.29, 0.717) is 0 Å². The minimum absolute atomic E-state index is 0.233. The van der Waals surface area contributed by atoms with Crippen LogP contribution in [0, 0.1) is 0 Å². The van der Waals surface area contributed by atoms with Gasteiger partial charge >= 0.3 is 0 Å². The molecule has 0 aliphatic carbocycles. The van der Waals surface area contributed by atoms with Crippen molar-refractivity contribution < 1.29 is 9.59 Å². The Kier molecular flexibility index (Phi) is 2.01. The fourth-order valence-electron chi connectivity index (χ4n) is 0.983. The highest BCUT2D eigenvalue weighted by Crippen LogP contribution is 2.04. The van der Waals surface area contributed by atoms with Gasteiger partial charge in [-0.2, -0.15) is 0 Å². The lowest BCUT2D eigenvalue weighted by molar-refractivity contribution is -0.130. The van der Waals surface area contributed by atoms with Crippen molar-refractivity contribution in [1.29, 1.82) is 0 Å². The van der Waals surface area contributed by atoms with Gasteiger partial charge < -0.3 is 10.6 Å². The lowest BCUT2D eigenvalue weighted by atomic mass is 10.2. The maximum Gasteiger partial charge on any atom is 0.272 e. The quantitative estimate of drug-likeness (QED) is 0.453. The number of rotatable bonds is 1. The SMILES string of the molecule is CC(=O)NC1(C)NC(=S)NC1=O. The Morgan fingerprint density at radius 1 is 1.67 bits per heavy atom. The molecule has 1 aliphatic rings. The predicted octanol–water partition coefficient (Wildman–Crippen LogP) is -1.16. The maximum atomic E-state index is 11.2. The van der Waals surface area contributed by atoms with Gasteiger partial charge in [-0.15, -0.1) is 0 Å². The number of carbonyl (C=O) groups excluding carboxylic acids is 2. The van der Waals surface area contributed by atoms with E-state index in [2.05, 4.69) is 16.0 Å². The molecule has 1 atom stereocenters. The standard InChI is InChI=1S/C6H9N3O2S/c1-3(10)8-6(2)4(11)7-5(12)9-6/h1-2H3,(H,8,10)(H2,7,9,11,12). The highest BCUT2D eigenvalue weighted by atomic mass is 32.1. The Balaban J connectivity index is 2.77. The van der Waals surface area contributed by atoms with E-state index in [1.54, 1.807) is 6.92 Å². The molecule has 1 heterocycles. The molecule has 0 aromatic heterocycles. The predicted molar refractivity (Wildman–Crippen MR) is 46.1 cm³/mol. The first-order chi connectivity index (χ1) is 5.44. The first-order valence-corrected chi connectivity index (χ1v) is 3.77. The second-order valence-electron chi connectivity index (χ2n) is 2.71. The van der Waals surface area contributed by atoms with Gasteiger partial charge in [-0.1, -0.05) is 0 Å². The van der Waals surface area contributed by atoms with Crippen molar-refractivity contribution in [2.75, 3.05) is 0 Å². The molecule has 3 N–H and O–H groups in total. The molecule has 5 nitrogen and oxygen atoms in total. The highest BCUT2D eigenvalue weighted by Gasteiger charge is 2.40. The Bertz CT molecular complexity index is 266. The van der Waals surface area contributed by atoms with E-state index in [-0.39, 0.29) is 16.9 Å². The topological polar surface area (TPSA) is 70.2 Å². The van der Waals surface area contributed by atoms with Crippen LogP contribution in [0.2, 0.25) is 0 Å². The molecule has 0 aromatic rings. The van der Waals surface area contributed by atoms with E-state index < -0.39 is 5.66 Å². The van der Waals surface area contributed by atoms with Crippen molar-refractivity contribution in [2.24, 2.45) is 0 Å². The summed E-state index contributed by atoms with van der Waals surface area (Å²) in [4.78, 5) is 21.8. The zero-order valence-corrected chi connectivity index (χ0v) is 7.54. The summed E-state index contributed by atoms with van der Waals surface area (Å²) in [6, 6.07) is 0. The molecule has 12 heavy (non-hydrogen) atoms. The van der Waals surface area contributed by atoms with Gasteiger partial charge in [0.2, 0.25) is 5.91 Å². The zero-order valence-electron chi connectivity index (χ0n) is 6.72. The molecule has 1 aliphatic heterocycles. The summed E-state index contributed by atoms with van der Waals surface area (Å²) < 4.78 is 0. The fraction of sp³-hybridized carbons (Fsp3) is 0.500. The van der Waals surface area contributed by atoms with E-state index in [0.717, 1.165) is 0 Å². The second-order valence-corrected chi connectivity index (χ2v) is 3.12. The number of hydrogen-bond acceptors (Lipinski definition) is 3. The number of carbonyl (C=O) groups is 2. The lowest BCUT2D eigenvalue weighted by Crippen LogP contribution is -2.57. The molecular weight excluding hydrogens is 178 g/mol. The third kappa shape index (κ3) is 1.53. The average molecular weight is 187 g/mol. The molecule has 66 valence electrons. The number of amides is 2. The molecule has 0 radical (unpaired) electrons. The normalized spacial score (nSPS) is 27.8. The molecule has 1 unspecified atom stereocenters. The van der Waals surface area contributed by atoms with Gasteiger partial charge in [0, 0.05) is 6.92 Å². The van der Waals surface area contributed by atoms with E-state index in [1.807, 2.05) is 0 Å². The first kappa shape index (κ1) is 8.92. The largest absolute Gasteiger partial charge is 0.332 e. The minimum atomic E-state index is -1.09. The smallest absolute Gasteiger partial charge is 0.272 e. The van der Waals surface area contributed by atoms with Gasteiger partial charge in [-0.05, 0) is 19.1 Å². The lowest BCUT2D eigenvalue weighted by Gasteiger charge is -2.21. The second kappa shape index (κ2) is 2.71. The zero-order chi connectivity index (χ0) is 9.35. The van der Waals surface area contributed by atoms with E-state index >= 15 is 0 Å². The van der Waals surface area contributed by atoms with Gasteiger partial charge in [0.15, 0.2) is 10.8 Å². The van der Waals surface area contributed by atoms with Crippen LogP contribution in [0.4, 0.5) is 0 Å². The molecule has 0 spiro atoms. The third-order valence-corrected chi connectivity index (χ3v) is 1.67. The van der Waals surface area contributed by atoms with E-state index in [1.165, 1.54) is 6.92 Å². The number of thiocarbonyl (C=S) groups is 1. The van der Waals surface area contributed by atoms with Crippen LogP contribution >= 0.6 is 12.2 Å². The number of nitrogens with one attached hydrogen (secondary N) is 3. The monoisotopic (exact) mass is 187 g/mol. The van der Waals surface area contributed by atoms with Crippen molar-refractivity contribution in [1.82, 2.24) is 16.0 Å². The van der Waals surface area contributed by atoms with Crippen LogP contribution in [0.1, 0.15) is 13.8 Å². The van der Waals surface area contributed by atoms with Crippen molar-refractivity contribution in [3.63, 3.8) is 0 Å². The van der Waals surface area contributed by atoms with E-state index in [9.17, 15) is 9.59 Å². The Morgan fingerprint density at radius 2 is 2.25 bits per heavy atom. The summed E-state index contributed by atoms with van der Waals surface area (Å²) in [6.07, 6.45) is 0. The van der Waals surface area contributed by atoms with Gasteiger partial charge in [0.05, 0.1) is 0 Å². The Hall–Kier alpha value is -1.17. The van der Waals surface area contributed by atoms with Gasteiger partial charge in [-0.3, -0.25) is 14.9 Å². The molecular formula is C6H9N3O2S. The molecule has 0 saturated carbocycles. The molecule has 0 aromatic carbocycles. The average Bonchev–Trinajstić information content (AvgIpc) is 2.04. The van der Waals surface area contributed by atoms with Crippen LogP contribution in [-0.2, 0) is 9.59 Å². The highest BCUT2D eigenvalue weighted by molar-refractivity contribution is 7.80. The van der Waals surface area contributed by atoms with Gasteiger partial charge in [0.25, 0.3) is 5.91 Å². The van der Waals surface area contributed by atoms with Crippen molar-refractivity contribution in [3.8, 4) is 0 Å². The van der Waals surface area contributed by atoms with Crippen LogP contribution in [0.5, 0.6) is 0 Å². The molecule has 0 bridgehead atoms. The molecule has 2 amide bonds. The minimum Gasteiger partial charge on any atom is -0.332 e. The van der Waals surface area contributed by atoms with Crippen LogP contribution < -0.4 is 16.0 Å². The van der Waals surface area contributed by atoms with Crippen LogP contribution in [0.25, 0.3) is 0 Å². The summed E-state index contributed by atoms with van der Waals surface area (Å²) in [5, 5.41) is 7.71. The van der Waals surface area contributed by atoms with Crippen molar-refractivity contribution in [3.05, 3.63) is 0 Å².